The molecule has 0 aromatic carbocycles. The van der Waals surface area contributed by atoms with E-state index < -0.39 is 0 Å². The second kappa shape index (κ2) is 3.80. The zero-order valence-corrected chi connectivity index (χ0v) is 8.35. The zero-order valence-electron chi connectivity index (χ0n) is 8.35. The van der Waals surface area contributed by atoms with Crippen molar-refractivity contribution in [2.24, 2.45) is 5.73 Å². The fourth-order valence-electron chi connectivity index (χ4n) is 1.55. The molecule has 2 heterocycles. The van der Waals surface area contributed by atoms with Gasteiger partial charge in [-0.2, -0.15) is 0 Å². The van der Waals surface area contributed by atoms with Crippen LogP contribution in [0.15, 0.2) is 30.6 Å². The molecule has 0 saturated carbocycles. The number of hydrogen-bond donors (Lipinski definition) is 1. The Morgan fingerprint density at radius 2 is 2.36 bits per heavy atom. The van der Waals surface area contributed by atoms with Gasteiger partial charge in [0.25, 0.3) is 0 Å². The summed E-state index contributed by atoms with van der Waals surface area (Å²) in [6.07, 6.45) is 5.83. The highest BCUT2D eigenvalue weighted by Gasteiger charge is 2.06. The van der Waals surface area contributed by atoms with Crippen LogP contribution in [0.4, 0.5) is 0 Å². The molecule has 14 heavy (non-hydrogen) atoms. The van der Waals surface area contributed by atoms with Crippen LogP contribution in [0.5, 0.6) is 0 Å². The smallest absolute Gasteiger partial charge is 0.136 e. The van der Waals surface area contributed by atoms with E-state index in [4.69, 9.17) is 5.73 Å². The van der Waals surface area contributed by atoms with Gasteiger partial charge in [-0.25, -0.2) is 4.98 Å². The predicted molar refractivity (Wildman–Crippen MR) is 57.2 cm³/mol. The standard InChI is InChI=1S/C11H15N3/c1-2-9(12)7-10-8-13-11-5-3-4-6-14(10)11/h3-6,8-9H,2,7,12H2,1H3/t9-/m1/s1. The van der Waals surface area contributed by atoms with Crippen molar-refractivity contribution in [3.63, 3.8) is 0 Å². The van der Waals surface area contributed by atoms with Crippen LogP contribution < -0.4 is 5.73 Å². The minimum atomic E-state index is 0.232. The highest BCUT2D eigenvalue weighted by Crippen LogP contribution is 2.08. The van der Waals surface area contributed by atoms with Gasteiger partial charge in [0, 0.05) is 30.6 Å². The number of nitrogens with two attached hydrogens (primary N) is 1. The molecule has 3 heteroatoms. The lowest BCUT2D eigenvalue weighted by atomic mass is 10.1. The second-order valence-corrected chi connectivity index (χ2v) is 3.55. The lowest BCUT2D eigenvalue weighted by Gasteiger charge is -2.07. The Morgan fingerprint density at radius 3 is 3.14 bits per heavy atom. The molecule has 0 bridgehead atoms. The maximum absolute atomic E-state index is 5.91. The summed E-state index contributed by atoms with van der Waals surface area (Å²) < 4.78 is 2.09. The van der Waals surface area contributed by atoms with Crippen molar-refractivity contribution in [2.75, 3.05) is 0 Å². The molecule has 0 aliphatic heterocycles. The first-order valence-electron chi connectivity index (χ1n) is 4.98. The van der Waals surface area contributed by atoms with E-state index in [1.54, 1.807) is 0 Å². The lowest BCUT2D eigenvalue weighted by Crippen LogP contribution is -2.22. The summed E-state index contributed by atoms with van der Waals surface area (Å²) in [5.41, 5.74) is 8.10. The van der Waals surface area contributed by atoms with Gasteiger partial charge in [0.15, 0.2) is 0 Å². The van der Waals surface area contributed by atoms with E-state index in [0.29, 0.717) is 0 Å². The van der Waals surface area contributed by atoms with Gasteiger partial charge in [-0.3, -0.25) is 0 Å². The Bertz CT molecular complexity index is 419. The van der Waals surface area contributed by atoms with Gasteiger partial charge in [-0.05, 0) is 18.6 Å². The highest BCUT2D eigenvalue weighted by atomic mass is 15.0. The van der Waals surface area contributed by atoms with E-state index in [-0.39, 0.29) is 6.04 Å². The van der Waals surface area contributed by atoms with E-state index >= 15 is 0 Å². The van der Waals surface area contributed by atoms with Crippen molar-refractivity contribution < 1.29 is 0 Å². The van der Waals surface area contributed by atoms with E-state index in [1.807, 2.05) is 30.6 Å². The number of fused-ring (bicyclic) bond motifs is 1. The average Bonchev–Trinajstić information content (AvgIpc) is 2.62. The number of pyridine rings is 1. The molecule has 2 aromatic rings. The maximum atomic E-state index is 5.91. The Labute approximate surface area is 83.6 Å². The molecule has 0 saturated heterocycles. The third-order valence-electron chi connectivity index (χ3n) is 2.49. The van der Waals surface area contributed by atoms with Crippen LogP contribution in [0.25, 0.3) is 5.65 Å². The number of aromatic nitrogens is 2. The molecule has 3 nitrogen and oxygen atoms in total. The normalized spacial score (nSPS) is 13.3. The van der Waals surface area contributed by atoms with Crippen LogP contribution in [0.2, 0.25) is 0 Å². The summed E-state index contributed by atoms with van der Waals surface area (Å²) in [5.74, 6) is 0. The summed E-state index contributed by atoms with van der Waals surface area (Å²) in [4.78, 5) is 4.31. The fourth-order valence-corrected chi connectivity index (χ4v) is 1.55. The van der Waals surface area contributed by atoms with Gasteiger partial charge in [-0.15, -0.1) is 0 Å². The van der Waals surface area contributed by atoms with Gasteiger partial charge in [0.2, 0.25) is 0 Å². The van der Waals surface area contributed by atoms with Crippen molar-refractivity contribution in [1.29, 1.82) is 0 Å². The van der Waals surface area contributed by atoms with Crippen LogP contribution in [0.1, 0.15) is 19.0 Å². The molecule has 1 atom stereocenters. The molecule has 2 aromatic heterocycles. The Hall–Kier alpha value is -1.35. The van der Waals surface area contributed by atoms with Crippen molar-refractivity contribution in [1.82, 2.24) is 9.38 Å². The van der Waals surface area contributed by atoms with Gasteiger partial charge >= 0.3 is 0 Å². The molecule has 0 amide bonds. The van der Waals surface area contributed by atoms with Crippen LogP contribution >= 0.6 is 0 Å². The number of hydrogen-bond acceptors (Lipinski definition) is 2. The molecule has 0 aliphatic rings. The zero-order chi connectivity index (χ0) is 9.97. The first-order valence-corrected chi connectivity index (χ1v) is 4.98. The Balaban J connectivity index is 2.33. The van der Waals surface area contributed by atoms with Crippen molar-refractivity contribution in [2.45, 2.75) is 25.8 Å². The molecular formula is C11H15N3. The van der Waals surface area contributed by atoms with E-state index in [9.17, 15) is 0 Å². The predicted octanol–water partition coefficient (Wildman–Crippen LogP) is 1.61. The lowest BCUT2D eigenvalue weighted by molar-refractivity contribution is 0.634. The summed E-state index contributed by atoms with van der Waals surface area (Å²) in [5, 5.41) is 0. The van der Waals surface area contributed by atoms with Gasteiger partial charge < -0.3 is 10.1 Å². The molecule has 2 rings (SSSR count). The summed E-state index contributed by atoms with van der Waals surface area (Å²) >= 11 is 0. The topological polar surface area (TPSA) is 43.3 Å². The molecule has 0 radical (unpaired) electrons. The molecular weight excluding hydrogens is 174 g/mol. The van der Waals surface area contributed by atoms with Crippen LogP contribution in [0.3, 0.4) is 0 Å². The minimum absolute atomic E-state index is 0.232. The van der Waals surface area contributed by atoms with Gasteiger partial charge in [0.05, 0.1) is 0 Å². The second-order valence-electron chi connectivity index (χ2n) is 3.55. The SMILES string of the molecule is CC[C@@H](N)Cc1cnc2ccccn12. The summed E-state index contributed by atoms with van der Waals surface area (Å²) in [6.45, 7) is 2.11. The minimum Gasteiger partial charge on any atom is -0.327 e. The number of rotatable bonds is 3. The molecule has 74 valence electrons. The number of nitrogens with zero attached hydrogens (tertiary/aromatic N) is 2. The number of imidazole rings is 1. The van der Waals surface area contributed by atoms with E-state index in [1.165, 1.54) is 5.69 Å². The average molecular weight is 189 g/mol. The van der Waals surface area contributed by atoms with E-state index in [0.717, 1.165) is 18.5 Å². The first kappa shape index (κ1) is 9.21. The summed E-state index contributed by atoms with van der Waals surface area (Å²) in [6, 6.07) is 6.23. The first-order chi connectivity index (χ1) is 6.81. The van der Waals surface area contributed by atoms with E-state index in [2.05, 4.69) is 16.3 Å². The van der Waals surface area contributed by atoms with Crippen molar-refractivity contribution >= 4 is 5.65 Å². The third kappa shape index (κ3) is 1.63. The Morgan fingerprint density at radius 1 is 1.50 bits per heavy atom. The fraction of sp³-hybridized carbons (Fsp3) is 0.364. The van der Waals surface area contributed by atoms with Crippen LogP contribution in [-0.4, -0.2) is 15.4 Å². The largest absolute Gasteiger partial charge is 0.327 e. The molecule has 0 aliphatic carbocycles. The van der Waals surface area contributed by atoms with Crippen LogP contribution in [0, 0.1) is 0 Å². The maximum Gasteiger partial charge on any atom is 0.136 e. The monoisotopic (exact) mass is 189 g/mol. The third-order valence-corrected chi connectivity index (χ3v) is 2.49. The van der Waals surface area contributed by atoms with Crippen LogP contribution in [-0.2, 0) is 6.42 Å². The molecule has 0 fully saturated rings. The molecule has 0 spiro atoms. The quantitative estimate of drug-likeness (QED) is 0.797. The molecule has 0 unspecified atom stereocenters. The summed E-state index contributed by atoms with van der Waals surface area (Å²) in [7, 11) is 0. The molecule has 2 N–H and O–H groups in total. The van der Waals surface area contributed by atoms with Crippen molar-refractivity contribution in [3.8, 4) is 0 Å². The van der Waals surface area contributed by atoms with Gasteiger partial charge in [0.1, 0.15) is 5.65 Å². The Kier molecular flexibility index (Phi) is 2.50. The highest BCUT2D eigenvalue weighted by molar-refractivity contribution is 5.39. The van der Waals surface area contributed by atoms with Gasteiger partial charge in [-0.1, -0.05) is 13.0 Å². The van der Waals surface area contributed by atoms with Crippen molar-refractivity contribution in [3.05, 3.63) is 36.3 Å².